The molecule has 2 heterocycles. The highest BCUT2D eigenvalue weighted by molar-refractivity contribution is 7.93. The van der Waals surface area contributed by atoms with E-state index in [9.17, 15) is 13.2 Å². The zero-order chi connectivity index (χ0) is 16.2. The van der Waals surface area contributed by atoms with E-state index in [0.29, 0.717) is 22.3 Å². The second-order valence-corrected chi connectivity index (χ2v) is 6.84. The maximum Gasteiger partial charge on any atom is 0.335 e. The molecule has 0 aliphatic carbocycles. The number of anilines is 1. The minimum Gasteiger partial charge on any atom is -0.478 e. The summed E-state index contributed by atoms with van der Waals surface area (Å²) in [5.74, 6) is -1.11. The van der Waals surface area contributed by atoms with Crippen molar-refractivity contribution >= 4 is 32.6 Å². The molecule has 7 heteroatoms. The van der Waals surface area contributed by atoms with Crippen molar-refractivity contribution in [3.8, 4) is 11.1 Å². The molecule has 114 valence electrons. The molecule has 0 amide bonds. The number of aromatic carboxylic acids is 1. The Kier molecular flexibility index (Phi) is 2.70. The molecule has 0 fully saturated rings. The van der Waals surface area contributed by atoms with Crippen LogP contribution in [0.25, 0.3) is 22.0 Å². The first-order valence-electron chi connectivity index (χ1n) is 6.76. The minimum atomic E-state index is -3.77. The Labute approximate surface area is 131 Å². The maximum absolute atomic E-state index is 12.5. The van der Waals surface area contributed by atoms with Crippen molar-refractivity contribution < 1.29 is 18.3 Å². The van der Waals surface area contributed by atoms with Gasteiger partial charge in [0.1, 0.15) is 0 Å². The monoisotopic (exact) mass is 326 g/mol. The highest BCUT2D eigenvalue weighted by Crippen LogP contribution is 2.42. The number of rotatable bonds is 1. The zero-order valence-electron chi connectivity index (χ0n) is 11.6. The van der Waals surface area contributed by atoms with Crippen LogP contribution in [0.3, 0.4) is 0 Å². The third-order valence-corrected chi connectivity index (χ3v) is 5.23. The number of aromatic nitrogens is 1. The van der Waals surface area contributed by atoms with Crippen molar-refractivity contribution in [2.24, 2.45) is 0 Å². The Balaban J connectivity index is 2.12. The molecule has 3 aromatic rings. The molecule has 1 aliphatic rings. The standard InChI is InChI=1S/C16H10N2O4S/c19-16(20)10-4-6-13-12(8-10)11-5-3-9-2-1-7-17-14(9)15(11)18-23(13,21)22/h1-8,18H,(H,19,20). The molecular formula is C16H10N2O4S. The van der Waals surface area contributed by atoms with E-state index < -0.39 is 16.0 Å². The molecule has 2 N–H and O–H groups in total. The van der Waals surface area contributed by atoms with Crippen LogP contribution in [-0.2, 0) is 10.0 Å². The van der Waals surface area contributed by atoms with Crippen molar-refractivity contribution in [3.63, 3.8) is 0 Å². The lowest BCUT2D eigenvalue weighted by atomic mass is 9.99. The third kappa shape index (κ3) is 1.97. The summed E-state index contributed by atoms with van der Waals surface area (Å²) >= 11 is 0. The van der Waals surface area contributed by atoms with Crippen LogP contribution in [0.2, 0.25) is 0 Å². The van der Waals surface area contributed by atoms with Crippen LogP contribution in [-0.4, -0.2) is 24.5 Å². The molecule has 4 rings (SSSR count). The molecule has 0 atom stereocenters. The molecule has 0 radical (unpaired) electrons. The number of hydrogen-bond acceptors (Lipinski definition) is 4. The van der Waals surface area contributed by atoms with Gasteiger partial charge in [-0.05, 0) is 24.3 Å². The second kappa shape index (κ2) is 4.53. The second-order valence-electron chi connectivity index (χ2n) is 5.18. The van der Waals surface area contributed by atoms with Gasteiger partial charge in [0.25, 0.3) is 10.0 Å². The molecule has 6 nitrogen and oxygen atoms in total. The Morgan fingerprint density at radius 2 is 1.91 bits per heavy atom. The number of pyridine rings is 1. The van der Waals surface area contributed by atoms with Crippen LogP contribution in [0.15, 0.2) is 53.6 Å². The average Bonchev–Trinajstić information content (AvgIpc) is 2.54. The molecule has 0 unspecified atom stereocenters. The number of carboxylic acids is 1. The topological polar surface area (TPSA) is 96.4 Å². The lowest BCUT2D eigenvalue weighted by molar-refractivity contribution is 0.0697. The fourth-order valence-electron chi connectivity index (χ4n) is 2.77. The molecular weight excluding hydrogens is 316 g/mol. The van der Waals surface area contributed by atoms with Gasteiger partial charge in [-0.2, -0.15) is 0 Å². The van der Waals surface area contributed by atoms with E-state index in [2.05, 4.69) is 9.71 Å². The first kappa shape index (κ1) is 13.7. The van der Waals surface area contributed by atoms with Gasteiger partial charge in [0.05, 0.1) is 21.7 Å². The van der Waals surface area contributed by atoms with Gasteiger partial charge in [-0.15, -0.1) is 0 Å². The van der Waals surface area contributed by atoms with E-state index in [0.717, 1.165) is 5.39 Å². The molecule has 0 saturated carbocycles. The molecule has 23 heavy (non-hydrogen) atoms. The number of hydrogen-bond donors (Lipinski definition) is 2. The number of nitrogens with one attached hydrogen (secondary N) is 1. The Bertz CT molecular complexity index is 1090. The summed E-state index contributed by atoms with van der Waals surface area (Å²) in [6, 6.07) is 11.2. The van der Waals surface area contributed by atoms with E-state index in [4.69, 9.17) is 5.11 Å². The highest BCUT2D eigenvalue weighted by Gasteiger charge is 2.29. The minimum absolute atomic E-state index is 0.0351. The van der Waals surface area contributed by atoms with Crippen molar-refractivity contribution in [1.82, 2.24) is 4.98 Å². The number of fused-ring (bicyclic) bond motifs is 5. The predicted molar refractivity (Wildman–Crippen MR) is 84.9 cm³/mol. The molecule has 0 saturated heterocycles. The average molecular weight is 326 g/mol. The lowest BCUT2D eigenvalue weighted by Crippen LogP contribution is -2.19. The summed E-state index contributed by atoms with van der Waals surface area (Å²) < 4.78 is 27.5. The number of benzene rings is 2. The van der Waals surface area contributed by atoms with Gasteiger partial charge in [-0.1, -0.05) is 18.2 Å². The van der Waals surface area contributed by atoms with Crippen LogP contribution in [0.1, 0.15) is 10.4 Å². The molecule has 0 spiro atoms. The molecule has 2 aromatic carbocycles. The van der Waals surface area contributed by atoms with Crippen molar-refractivity contribution in [3.05, 3.63) is 54.2 Å². The van der Waals surface area contributed by atoms with Crippen LogP contribution < -0.4 is 4.72 Å². The van der Waals surface area contributed by atoms with Gasteiger partial charge in [-0.3, -0.25) is 9.71 Å². The van der Waals surface area contributed by atoms with E-state index in [-0.39, 0.29) is 10.5 Å². The Morgan fingerprint density at radius 3 is 2.70 bits per heavy atom. The maximum atomic E-state index is 12.5. The summed E-state index contributed by atoms with van der Waals surface area (Å²) in [4.78, 5) is 15.5. The van der Waals surface area contributed by atoms with E-state index in [1.54, 1.807) is 18.3 Å². The summed E-state index contributed by atoms with van der Waals surface area (Å²) in [7, 11) is -3.77. The smallest absolute Gasteiger partial charge is 0.335 e. The van der Waals surface area contributed by atoms with Crippen LogP contribution in [0.5, 0.6) is 0 Å². The number of carboxylic acid groups (broad SMARTS) is 1. The molecule has 0 bridgehead atoms. The first-order chi connectivity index (χ1) is 11.0. The largest absolute Gasteiger partial charge is 0.478 e. The lowest BCUT2D eigenvalue weighted by Gasteiger charge is -2.22. The van der Waals surface area contributed by atoms with Crippen molar-refractivity contribution in [2.45, 2.75) is 4.90 Å². The van der Waals surface area contributed by atoms with Gasteiger partial charge in [0, 0.05) is 22.7 Å². The highest BCUT2D eigenvalue weighted by atomic mass is 32.2. The summed E-state index contributed by atoms with van der Waals surface area (Å²) in [5, 5.41) is 9.96. The number of nitrogens with zero attached hydrogens (tertiary/aromatic N) is 1. The van der Waals surface area contributed by atoms with E-state index in [1.807, 2.05) is 12.1 Å². The van der Waals surface area contributed by atoms with Gasteiger partial charge < -0.3 is 5.11 Å². The quantitative estimate of drug-likeness (QED) is 0.717. The van der Waals surface area contributed by atoms with Gasteiger partial charge >= 0.3 is 5.97 Å². The van der Waals surface area contributed by atoms with Gasteiger partial charge in [0.15, 0.2) is 0 Å². The first-order valence-corrected chi connectivity index (χ1v) is 8.24. The van der Waals surface area contributed by atoms with Gasteiger partial charge in [-0.25, -0.2) is 13.2 Å². The number of carbonyl (C=O) groups is 1. The van der Waals surface area contributed by atoms with Gasteiger partial charge in [0.2, 0.25) is 0 Å². The predicted octanol–water partition coefficient (Wildman–Crippen LogP) is 2.71. The Hall–Kier alpha value is -2.93. The summed E-state index contributed by atoms with van der Waals surface area (Å²) in [5.41, 5.74) is 1.92. The van der Waals surface area contributed by atoms with E-state index >= 15 is 0 Å². The fraction of sp³-hybridized carbons (Fsp3) is 0. The Morgan fingerprint density at radius 1 is 1.09 bits per heavy atom. The van der Waals surface area contributed by atoms with Crippen LogP contribution >= 0.6 is 0 Å². The van der Waals surface area contributed by atoms with Crippen LogP contribution in [0, 0.1) is 0 Å². The third-order valence-electron chi connectivity index (χ3n) is 3.82. The summed E-state index contributed by atoms with van der Waals surface area (Å²) in [6.45, 7) is 0. The fourth-order valence-corrected chi connectivity index (χ4v) is 4.06. The normalized spacial score (nSPS) is 14.6. The SMILES string of the molecule is O=C(O)c1ccc2c(c1)-c1ccc3cccnc3c1NS2(=O)=O. The molecule has 1 aromatic heterocycles. The van der Waals surface area contributed by atoms with Crippen molar-refractivity contribution in [2.75, 3.05) is 4.72 Å². The van der Waals surface area contributed by atoms with E-state index in [1.165, 1.54) is 18.2 Å². The zero-order valence-corrected chi connectivity index (χ0v) is 12.5. The summed E-state index contributed by atoms with van der Waals surface area (Å²) in [6.07, 6.45) is 1.58. The van der Waals surface area contributed by atoms with Crippen molar-refractivity contribution in [1.29, 1.82) is 0 Å². The molecule has 1 aliphatic heterocycles. The number of sulfonamides is 1. The van der Waals surface area contributed by atoms with Crippen LogP contribution in [0.4, 0.5) is 5.69 Å².